The fraction of sp³-hybridized carbons (Fsp3) is 0.185. The number of carbonyl (C=O) groups is 1. The van der Waals surface area contributed by atoms with Gasteiger partial charge in [0.2, 0.25) is 5.91 Å². The first-order chi connectivity index (χ1) is 19.2. The Kier molecular flexibility index (Phi) is 7.65. The number of rotatable bonds is 8. The number of aryl methyl sites for hydroxylation is 1. The molecule has 206 valence electrons. The average molecular weight is 569 g/mol. The lowest BCUT2D eigenvalue weighted by Crippen LogP contribution is -2.31. The Bertz CT molecular complexity index is 1540. The Labute approximate surface area is 231 Å². The Morgan fingerprint density at radius 1 is 1.05 bits per heavy atom. The number of methoxy groups -OCH3 is 1. The van der Waals surface area contributed by atoms with Crippen LogP contribution < -0.4 is 19.8 Å². The Hall–Kier alpha value is -4.52. The molecule has 1 N–H and O–H groups in total. The number of nitrogens with one attached hydrogen (secondary N) is 1. The predicted octanol–water partition coefficient (Wildman–Crippen LogP) is 5.29. The number of benzene rings is 3. The topological polar surface area (TPSA) is 93.9 Å². The molecule has 1 aliphatic heterocycles. The highest BCUT2D eigenvalue weighted by molar-refractivity contribution is 8.15. The summed E-state index contributed by atoms with van der Waals surface area (Å²) in [6.45, 7) is 2.35. The molecule has 9 nitrogen and oxygen atoms in total. The van der Waals surface area contributed by atoms with Crippen LogP contribution in [0.2, 0.25) is 0 Å². The number of carbonyl (C=O) groups excluding carboxylic acids is 1. The number of anilines is 1. The maximum absolute atomic E-state index is 12.6. The molecule has 2 heterocycles. The van der Waals surface area contributed by atoms with Crippen molar-refractivity contribution in [2.75, 3.05) is 17.8 Å². The molecule has 0 spiro atoms. The van der Waals surface area contributed by atoms with Crippen molar-refractivity contribution in [1.29, 1.82) is 0 Å². The van der Waals surface area contributed by atoms with Gasteiger partial charge >= 0.3 is 6.36 Å². The number of aromatic nitrogens is 3. The van der Waals surface area contributed by atoms with E-state index in [1.807, 2.05) is 49.4 Å². The highest BCUT2D eigenvalue weighted by Crippen LogP contribution is 2.31. The Morgan fingerprint density at radius 3 is 2.45 bits per heavy atom. The second kappa shape index (κ2) is 11.3. The van der Waals surface area contributed by atoms with Crippen LogP contribution in [-0.2, 0) is 11.3 Å². The maximum atomic E-state index is 12.6. The molecule has 1 amide bonds. The molecule has 0 bridgehead atoms. The lowest BCUT2D eigenvalue weighted by molar-refractivity contribution is -0.274. The van der Waals surface area contributed by atoms with Gasteiger partial charge in [0.1, 0.15) is 17.8 Å². The number of thioether (sulfide) groups is 1. The molecular weight excluding hydrogens is 545 g/mol. The molecule has 5 rings (SSSR count). The number of amidine groups is 1. The van der Waals surface area contributed by atoms with Crippen molar-refractivity contribution >= 4 is 28.5 Å². The largest absolute Gasteiger partial charge is 0.573 e. The van der Waals surface area contributed by atoms with Gasteiger partial charge in [-0.05, 0) is 60.5 Å². The van der Waals surface area contributed by atoms with E-state index < -0.39 is 6.36 Å². The van der Waals surface area contributed by atoms with Gasteiger partial charge in [-0.15, -0.1) is 18.3 Å². The summed E-state index contributed by atoms with van der Waals surface area (Å²) < 4.78 is 47.7. The molecule has 13 heteroatoms. The van der Waals surface area contributed by atoms with Gasteiger partial charge in [-0.25, -0.2) is 9.67 Å². The number of hydrazone groups is 1. The number of alkyl halides is 3. The Balaban J connectivity index is 1.22. The molecular formula is C27H23F3N6O3S. The number of nitrogens with zero attached hydrogens (tertiary/aromatic N) is 5. The van der Waals surface area contributed by atoms with Gasteiger partial charge in [-0.1, -0.05) is 36.0 Å². The molecule has 1 aromatic heterocycles. The molecule has 40 heavy (non-hydrogen) atoms. The van der Waals surface area contributed by atoms with Crippen LogP contribution in [0.4, 0.5) is 18.9 Å². The smallest absolute Gasteiger partial charge is 0.497 e. The van der Waals surface area contributed by atoms with Crippen LogP contribution in [0.1, 0.15) is 11.1 Å². The maximum Gasteiger partial charge on any atom is 0.573 e. The average Bonchev–Trinajstić information content (AvgIpc) is 3.56. The zero-order chi connectivity index (χ0) is 28.3. The van der Waals surface area contributed by atoms with Crippen LogP contribution in [-0.4, -0.2) is 45.1 Å². The van der Waals surface area contributed by atoms with E-state index in [0.29, 0.717) is 29.0 Å². The molecule has 0 aliphatic carbocycles. The summed E-state index contributed by atoms with van der Waals surface area (Å²) in [6.07, 6.45) is -3.26. The van der Waals surface area contributed by atoms with Gasteiger partial charge in [-0.2, -0.15) is 5.10 Å². The van der Waals surface area contributed by atoms with E-state index >= 15 is 0 Å². The van der Waals surface area contributed by atoms with Crippen molar-refractivity contribution in [3.8, 4) is 28.6 Å². The second-order valence-electron chi connectivity index (χ2n) is 8.65. The van der Waals surface area contributed by atoms with Crippen LogP contribution in [0.5, 0.6) is 11.5 Å². The third-order valence-corrected chi connectivity index (χ3v) is 6.83. The number of hydrogen-bond donors (Lipinski definition) is 1. The van der Waals surface area contributed by atoms with Gasteiger partial charge in [0.05, 0.1) is 30.8 Å². The van der Waals surface area contributed by atoms with Gasteiger partial charge in [-0.3, -0.25) is 9.69 Å². The zero-order valence-electron chi connectivity index (χ0n) is 21.3. The number of hydrogen-bond acceptors (Lipinski definition) is 8. The third-order valence-electron chi connectivity index (χ3n) is 5.91. The molecule has 0 unspecified atom stereocenters. The fourth-order valence-corrected chi connectivity index (χ4v) is 4.82. The normalized spacial score (nSPS) is 14.6. The summed E-state index contributed by atoms with van der Waals surface area (Å²) in [6, 6.07) is 18.4. The van der Waals surface area contributed by atoms with Crippen molar-refractivity contribution in [3.63, 3.8) is 0 Å². The van der Waals surface area contributed by atoms with Crippen LogP contribution >= 0.6 is 11.8 Å². The fourth-order valence-electron chi connectivity index (χ4n) is 3.98. The summed E-state index contributed by atoms with van der Waals surface area (Å²) in [4.78, 5) is 18.5. The summed E-state index contributed by atoms with van der Waals surface area (Å²) in [5.41, 5.74) is 6.97. The molecule has 1 fully saturated rings. The first kappa shape index (κ1) is 27.1. The van der Waals surface area contributed by atoms with Gasteiger partial charge in [0, 0.05) is 5.56 Å². The Morgan fingerprint density at radius 2 is 1.77 bits per heavy atom. The minimum absolute atomic E-state index is 0.0410. The van der Waals surface area contributed by atoms with Crippen LogP contribution in [0.3, 0.4) is 0 Å². The van der Waals surface area contributed by atoms with E-state index in [1.165, 1.54) is 47.0 Å². The highest BCUT2D eigenvalue weighted by atomic mass is 32.2. The van der Waals surface area contributed by atoms with E-state index in [0.717, 1.165) is 28.1 Å². The molecule has 0 atom stereocenters. The summed E-state index contributed by atoms with van der Waals surface area (Å²) in [5.74, 6) is 1.14. The minimum Gasteiger partial charge on any atom is -0.497 e. The van der Waals surface area contributed by atoms with Gasteiger partial charge < -0.3 is 14.9 Å². The molecule has 4 aromatic rings. The SMILES string of the molecule is COc1ccc(N2C(=O)CS/C2=N/NCc2ccc(-c3ncn(-c4ccc(OC(F)(F)F)cc4)n3)cc2)c(C)c1. The van der Waals surface area contributed by atoms with E-state index in [2.05, 4.69) is 25.3 Å². The number of halogens is 3. The summed E-state index contributed by atoms with van der Waals surface area (Å²) in [5, 5.41) is 9.45. The lowest BCUT2D eigenvalue weighted by Gasteiger charge is -2.19. The quantitative estimate of drug-likeness (QED) is 0.289. The van der Waals surface area contributed by atoms with Crippen molar-refractivity contribution in [2.24, 2.45) is 5.10 Å². The molecule has 0 saturated carbocycles. The second-order valence-corrected chi connectivity index (χ2v) is 9.59. The lowest BCUT2D eigenvalue weighted by atomic mass is 10.1. The minimum atomic E-state index is -4.75. The van der Waals surface area contributed by atoms with Crippen molar-refractivity contribution in [1.82, 2.24) is 20.2 Å². The molecule has 3 aromatic carbocycles. The summed E-state index contributed by atoms with van der Waals surface area (Å²) >= 11 is 1.37. The number of amides is 1. The molecule has 1 aliphatic rings. The highest BCUT2D eigenvalue weighted by Gasteiger charge is 2.31. The van der Waals surface area contributed by atoms with E-state index in [1.54, 1.807) is 12.0 Å². The predicted molar refractivity (Wildman–Crippen MR) is 145 cm³/mol. The van der Waals surface area contributed by atoms with Gasteiger partial charge in [0.25, 0.3) is 0 Å². The standard InChI is InChI=1S/C27H23F3N6O3S/c1-17-13-22(38-2)11-12-23(17)36-24(37)15-40-26(36)33-32-14-18-3-5-19(6-4-18)25-31-16-35(34-25)20-7-9-21(10-8-20)39-27(28,29)30/h3-13,16,32H,14-15H2,1-2H3/b33-26+. The third kappa shape index (κ3) is 6.20. The van der Waals surface area contributed by atoms with Crippen molar-refractivity contribution in [3.05, 3.63) is 84.2 Å². The number of ether oxygens (including phenoxy) is 2. The van der Waals surface area contributed by atoms with Gasteiger partial charge in [0.15, 0.2) is 11.0 Å². The molecule has 0 radical (unpaired) electrons. The van der Waals surface area contributed by atoms with Crippen LogP contribution in [0.25, 0.3) is 17.1 Å². The van der Waals surface area contributed by atoms with E-state index in [4.69, 9.17) is 4.74 Å². The van der Waals surface area contributed by atoms with E-state index in [9.17, 15) is 18.0 Å². The first-order valence-electron chi connectivity index (χ1n) is 12.0. The zero-order valence-corrected chi connectivity index (χ0v) is 22.2. The van der Waals surface area contributed by atoms with Crippen molar-refractivity contribution < 1.29 is 27.4 Å². The van der Waals surface area contributed by atoms with Crippen LogP contribution in [0.15, 0.2) is 78.2 Å². The van der Waals surface area contributed by atoms with E-state index in [-0.39, 0.29) is 11.7 Å². The summed E-state index contributed by atoms with van der Waals surface area (Å²) in [7, 11) is 1.60. The molecule has 1 saturated heterocycles. The van der Waals surface area contributed by atoms with Crippen molar-refractivity contribution in [2.45, 2.75) is 19.8 Å². The van der Waals surface area contributed by atoms with Crippen LogP contribution in [0, 0.1) is 6.92 Å². The first-order valence-corrected chi connectivity index (χ1v) is 13.0. The monoisotopic (exact) mass is 568 g/mol.